The van der Waals surface area contributed by atoms with Gasteiger partial charge in [-0.15, -0.1) is 0 Å². The number of rotatable bonds is 5. The third kappa shape index (κ3) is 4.26. The van der Waals surface area contributed by atoms with Gasteiger partial charge in [0.2, 0.25) is 0 Å². The molecule has 0 atom stereocenters. The van der Waals surface area contributed by atoms with E-state index >= 15 is 0 Å². The molecule has 1 saturated heterocycles. The van der Waals surface area contributed by atoms with Crippen molar-refractivity contribution in [2.24, 2.45) is 0 Å². The van der Waals surface area contributed by atoms with Crippen molar-refractivity contribution in [1.82, 2.24) is 15.2 Å². The van der Waals surface area contributed by atoms with E-state index in [2.05, 4.69) is 21.2 Å². The van der Waals surface area contributed by atoms with Gasteiger partial charge in [-0.3, -0.25) is 9.69 Å². The van der Waals surface area contributed by atoms with E-state index in [9.17, 15) is 9.59 Å². The largest absolute Gasteiger partial charge is 0.422 e. The highest BCUT2D eigenvalue weighted by Gasteiger charge is 2.20. The number of hydrogen-bond donors (Lipinski definition) is 1. The molecule has 0 saturated carbocycles. The number of fused-ring (bicyclic) bond motifs is 4. The van der Waals surface area contributed by atoms with Crippen molar-refractivity contribution in [2.75, 3.05) is 44.2 Å². The van der Waals surface area contributed by atoms with Crippen LogP contribution in [0, 0.1) is 0 Å². The van der Waals surface area contributed by atoms with Gasteiger partial charge in [-0.2, -0.15) is 0 Å². The second kappa shape index (κ2) is 9.13. The normalized spacial score (nSPS) is 14.7. The van der Waals surface area contributed by atoms with Gasteiger partial charge in [-0.25, -0.2) is 9.78 Å². The molecule has 176 valence electrons. The van der Waals surface area contributed by atoms with Gasteiger partial charge in [-0.05, 0) is 35.0 Å². The Morgan fingerprint density at radius 2 is 1.77 bits per heavy atom. The molecule has 1 aliphatic rings. The first-order chi connectivity index (χ1) is 17.2. The molecular formula is C27H24N4O3S. The average Bonchev–Trinajstić information content (AvgIpc) is 3.33. The third-order valence-corrected chi connectivity index (χ3v) is 7.62. The number of para-hydroxylation sites is 1. The highest BCUT2D eigenvalue weighted by atomic mass is 32.1. The van der Waals surface area contributed by atoms with Gasteiger partial charge in [0.25, 0.3) is 5.91 Å². The number of aromatic nitrogens is 1. The predicted octanol–water partition coefficient (Wildman–Crippen LogP) is 4.11. The quantitative estimate of drug-likeness (QED) is 0.299. The van der Waals surface area contributed by atoms with Crippen molar-refractivity contribution in [3.05, 3.63) is 82.7 Å². The van der Waals surface area contributed by atoms with E-state index in [0.717, 1.165) is 59.5 Å². The van der Waals surface area contributed by atoms with Crippen LogP contribution < -0.4 is 15.8 Å². The number of amides is 1. The van der Waals surface area contributed by atoms with E-state index in [1.807, 2.05) is 48.5 Å². The molecule has 2 aromatic heterocycles. The molecule has 3 aromatic carbocycles. The lowest BCUT2D eigenvalue weighted by Gasteiger charge is -2.34. The Morgan fingerprint density at radius 1 is 0.971 bits per heavy atom. The van der Waals surface area contributed by atoms with Gasteiger partial charge in [0.1, 0.15) is 11.1 Å². The van der Waals surface area contributed by atoms with Gasteiger partial charge in [0.15, 0.2) is 5.13 Å². The summed E-state index contributed by atoms with van der Waals surface area (Å²) in [5, 5.41) is 6.71. The number of carbonyl (C=O) groups excluding carboxylic acids is 1. The first-order valence-electron chi connectivity index (χ1n) is 11.7. The van der Waals surface area contributed by atoms with Crippen molar-refractivity contribution in [3.63, 3.8) is 0 Å². The molecule has 8 heteroatoms. The summed E-state index contributed by atoms with van der Waals surface area (Å²) in [6, 6.07) is 21.4. The molecule has 35 heavy (non-hydrogen) atoms. The lowest BCUT2D eigenvalue weighted by molar-refractivity contribution is 0.0944. The van der Waals surface area contributed by atoms with E-state index in [4.69, 9.17) is 9.40 Å². The molecule has 3 heterocycles. The van der Waals surface area contributed by atoms with Crippen molar-refractivity contribution in [2.45, 2.75) is 0 Å². The van der Waals surface area contributed by atoms with Gasteiger partial charge in [0.05, 0.1) is 10.2 Å². The van der Waals surface area contributed by atoms with Crippen LogP contribution in [0.4, 0.5) is 5.13 Å². The fourth-order valence-corrected chi connectivity index (χ4v) is 5.63. The summed E-state index contributed by atoms with van der Waals surface area (Å²) in [4.78, 5) is 34.7. The molecule has 5 aromatic rings. The summed E-state index contributed by atoms with van der Waals surface area (Å²) in [5.41, 5.74) is 0.948. The Kier molecular flexibility index (Phi) is 5.67. The zero-order valence-electron chi connectivity index (χ0n) is 19.1. The van der Waals surface area contributed by atoms with Crippen molar-refractivity contribution >= 4 is 54.3 Å². The molecule has 0 aliphatic carbocycles. The Morgan fingerprint density at radius 3 is 2.63 bits per heavy atom. The molecule has 1 amide bonds. The van der Waals surface area contributed by atoms with E-state index in [1.54, 1.807) is 23.5 Å². The highest BCUT2D eigenvalue weighted by Crippen LogP contribution is 2.29. The Bertz CT molecular complexity index is 1570. The second-order valence-corrected chi connectivity index (χ2v) is 9.70. The summed E-state index contributed by atoms with van der Waals surface area (Å²) >= 11 is 1.73. The number of nitrogens with zero attached hydrogens (tertiary/aromatic N) is 3. The minimum atomic E-state index is -0.616. The van der Waals surface area contributed by atoms with Crippen LogP contribution >= 0.6 is 11.3 Å². The number of anilines is 1. The minimum absolute atomic E-state index is 0.0366. The van der Waals surface area contributed by atoms with Crippen molar-refractivity contribution in [1.29, 1.82) is 0 Å². The first-order valence-corrected chi connectivity index (χ1v) is 12.5. The summed E-state index contributed by atoms with van der Waals surface area (Å²) in [6.07, 6.45) is 0. The van der Waals surface area contributed by atoms with Crippen LogP contribution in [0.1, 0.15) is 10.4 Å². The van der Waals surface area contributed by atoms with E-state index in [-0.39, 0.29) is 5.56 Å². The number of hydrogen-bond acceptors (Lipinski definition) is 7. The number of nitrogens with one attached hydrogen (secondary N) is 1. The lowest BCUT2D eigenvalue weighted by Crippen LogP contribution is -2.48. The monoisotopic (exact) mass is 484 g/mol. The van der Waals surface area contributed by atoms with E-state index in [0.29, 0.717) is 12.1 Å². The maximum absolute atomic E-state index is 12.8. The molecule has 1 aliphatic heterocycles. The highest BCUT2D eigenvalue weighted by molar-refractivity contribution is 7.22. The van der Waals surface area contributed by atoms with E-state index in [1.165, 1.54) is 4.70 Å². The Hall–Kier alpha value is -3.75. The molecule has 1 fully saturated rings. The summed E-state index contributed by atoms with van der Waals surface area (Å²) < 4.78 is 6.66. The molecule has 0 spiro atoms. The molecular weight excluding hydrogens is 460 g/mol. The van der Waals surface area contributed by atoms with E-state index < -0.39 is 11.5 Å². The molecule has 6 rings (SSSR count). The zero-order chi connectivity index (χ0) is 23.8. The summed E-state index contributed by atoms with van der Waals surface area (Å²) in [6.45, 7) is 4.78. The average molecular weight is 485 g/mol. The smallest absolute Gasteiger partial charge is 0.349 e. The molecule has 0 unspecified atom stereocenters. The van der Waals surface area contributed by atoms with Crippen LogP contribution in [-0.4, -0.2) is 55.1 Å². The maximum Gasteiger partial charge on any atom is 0.349 e. The lowest BCUT2D eigenvalue weighted by atomic mass is 10.0. The number of piperazine rings is 1. The molecule has 7 nitrogen and oxygen atoms in total. The van der Waals surface area contributed by atoms with Crippen LogP contribution in [-0.2, 0) is 0 Å². The fraction of sp³-hybridized carbons (Fsp3) is 0.222. The van der Waals surface area contributed by atoms with Gasteiger partial charge >= 0.3 is 5.63 Å². The maximum atomic E-state index is 12.8. The van der Waals surface area contributed by atoms with Gasteiger partial charge in [0, 0.05) is 44.7 Å². The standard InChI is InChI=1S/C27H24N4O3S/c32-25(21-17-20-19-6-2-1-5-18(19)9-10-23(20)34-26(21)33)28-11-12-30-13-15-31(16-14-30)27-29-22-7-3-4-8-24(22)35-27/h1-10,17H,11-16H2,(H,28,32). The molecule has 1 N–H and O–H groups in total. The number of carbonyl (C=O) groups is 1. The number of benzene rings is 3. The fourth-order valence-electron chi connectivity index (χ4n) is 4.61. The van der Waals surface area contributed by atoms with Crippen LogP contribution in [0.2, 0.25) is 0 Å². The Balaban J connectivity index is 1.07. The third-order valence-electron chi connectivity index (χ3n) is 6.53. The van der Waals surface area contributed by atoms with Crippen LogP contribution in [0.3, 0.4) is 0 Å². The van der Waals surface area contributed by atoms with Crippen LogP contribution in [0.5, 0.6) is 0 Å². The first kappa shape index (κ1) is 21.8. The molecule has 0 bridgehead atoms. The Labute approximate surface area is 205 Å². The zero-order valence-corrected chi connectivity index (χ0v) is 19.9. The van der Waals surface area contributed by atoms with Crippen LogP contribution in [0.15, 0.2) is 75.9 Å². The topological polar surface area (TPSA) is 78.7 Å². The van der Waals surface area contributed by atoms with Crippen molar-refractivity contribution < 1.29 is 9.21 Å². The van der Waals surface area contributed by atoms with Crippen molar-refractivity contribution in [3.8, 4) is 0 Å². The molecule has 0 radical (unpaired) electrons. The second-order valence-electron chi connectivity index (χ2n) is 8.69. The number of thiazole rings is 1. The predicted molar refractivity (Wildman–Crippen MR) is 141 cm³/mol. The summed E-state index contributed by atoms with van der Waals surface area (Å²) in [7, 11) is 0. The summed E-state index contributed by atoms with van der Waals surface area (Å²) in [5.74, 6) is -0.401. The SMILES string of the molecule is O=C(NCCN1CCN(c2nc3ccccc3s2)CC1)c1cc2c(ccc3ccccc32)oc1=O. The minimum Gasteiger partial charge on any atom is -0.422 e. The van der Waals surface area contributed by atoms with Gasteiger partial charge in [-0.1, -0.05) is 53.8 Å². The van der Waals surface area contributed by atoms with Crippen LogP contribution in [0.25, 0.3) is 32.0 Å². The van der Waals surface area contributed by atoms with Gasteiger partial charge < -0.3 is 14.6 Å².